The van der Waals surface area contributed by atoms with Crippen molar-refractivity contribution in [2.45, 2.75) is 39.2 Å². The number of benzene rings is 2. The monoisotopic (exact) mass is 550 g/mol. The molecule has 174 valence electrons. The Morgan fingerprint density at radius 1 is 1.09 bits per heavy atom. The quantitative estimate of drug-likeness (QED) is 0.216. The molecule has 0 atom stereocenters. The Balaban J connectivity index is 0.00000363. The third-order valence-corrected chi connectivity index (χ3v) is 5.51. The highest BCUT2D eigenvalue weighted by Gasteiger charge is 2.19. The zero-order valence-corrected chi connectivity index (χ0v) is 21.4. The van der Waals surface area contributed by atoms with Crippen molar-refractivity contribution in [2.24, 2.45) is 4.99 Å². The molecule has 0 aliphatic carbocycles. The largest absolute Gasteiger partial charge is 0.497 e. The molecule has 0 unspecified atom stereocenters. The summed E-state index contributed by atoms with van der Waals surface area (Å²) in [4.78, 5) is 19.2. The lowest BCUT2D eigenvalue weighted by Gasteiger charge is -2.28. The van der Waals surface area contributed by atoms with Gasteiger partial charge < -0.3 is 20.3 Å². The van der Waals surface area contributed by atoms with Gasteiger partial charge in [-0.15, -0.1) is 24.0 Å². The van der Waals surface area contributed by atoms with Crippen molar-refractivity contribution in [1.82, 2.24) is 15.5 Å². The summed E-state index contributed by atoms with van der Waals surface area (Å²) in [5.74, 6) is 1.90. The van der Waals surface area contributed by atoms with Crippen molar-refractivity contribution < 1.29 is 9.53 Å². The Kier molecular flexibility index (Phi) is 11.3. The van der Waals surface area contributed by atoms with Crippen LogP contribution in [-0.2, 0) is 24.2 Å². The van der Waals surface area contributed by atoms with Crippen LogP contribution in [0.25, 0.3) is 0 Å². The van der Waals surface area contributed by atoms with Gasteiger partial charge in [-0.05, 0) is 55.0 Å². The van der Waals surface area contributed by atoms with Crippen LogP contribution in [0.2, 0.25) is 0 Å². The van der Waals surface area contributed by atoms with Gasteiger partial charge in [0.2, 0.25) is 5.91 Å². The molecule has 0 spiro atoms. The Bertz CT molecular complexity index is 871. The van der Waals surface area contributed by atoms with E-state index in [0.717, 1.165) is 57.2 Å². The lowest BCUT2D eigenvalue weighted by atomic mass is 9.99. The van der Waals surface area contributed by atoms with Crippen molar-refractivity contribution in [3.05, 3.63) is 65.2 Å². The van der Waals surface area contributed by atoms with Crippen LogP contribution in [0.5, 0.6) is 5.75 Å². The van der Waals surface area contributed by atoms with E-state index in [0.29, 0.717) is 13.0 Å². The van der Waals surface area contributed by atoms with Crippen LogP contribution in [0, 0.1) is 0 Å². The first kappa shape index (κ1) is 26.0. The fraction of sp³-hybridized carbons (Fsp3) is 0.440. The molecule has 6 nitrogen and oxygen atoms in total. The molecule has 0 bridgehead atoms. The van der Waals surface area contributed by atoms with E-state index in [1.165, 1.54) is 16.7 Å². The van der Waals surface area contributed by atoms with Crippen LogP contribution in [0.15, 0.2) is 53.5 Å². The zero-order valence-electron chi connectivity index (χ0n) is 19.1. The van der Waals surface area contributed by atoms with Gasteiger partial charge in [-0.2, -0.15) is 0 Å². The molecule has 0 fully saturated rings. The maximum atomic E-state index is 12.6. The van der Waals surface area contributed by atoms with Crippen molar-refractivity contribution in [3.8, 4) is 5.75 Å². The summed E-state index contributed by atoms with van der Waals surface area (Å²) in [6.45, 7) is 5.83. The van der Waals surface area contributed by atoms with Crippen LogP contribution in [-0.4, -0.2) is 50.1 Å². The molecule has 7 heteroatoms. The molecule has 0 saturated carbocycles. The Labute approximate surface area is 208 Å². The fourth-order valence-corrected chi connectivity index (χ4v) is 3.75. The van der Waals surface area contributed by atoms with E-state index < -0.39 is 0 Å². The summed E-state index contributed by atoms with van der Waals surface area (Å²) in [5, 5.41) is 6.65. The number of aliphatic imine (C=N–C) groups is 1. The molecule has 2 aromatic rings. The second-order valence-corrected chi connectivity index (χ2v) is 7.72. The zero-order chi connectivity index (χ0) is 21.9. The fourth-order valence-electron chi connectivity index (χ4n) is 3.75. The van der Waals surface area contributed by atoms with Crippen molar-refractivity contribution in [2.75, 3.05) is 33.3 Å². The number of nitrogens with zero attached hydrogens (tertiary/aromatic N) is 2. The molecular weight excluding hydrogens is 515 g/mol. The van der Waals surface area contributed by atoms with Gasteiger partial charge in [0.15, 0.2) is 5.96 Å². The number of carbonyl (C=O) groups excluding carboxylic acids is 1. The average molecular weight is 550 g/mol. The number of guanidine groups is 1. The van der Waals surface area contributed by atoms with E-state index in [-0.39, 0.29) is 29.9 Å². The van der Waals surface area contributed by atoms with Gasteiger partial charge in [-0.3, -0.25) is 9.79 Å². The summed E-state index contributed by atoms with van der Waals surface area (Å²) in [5.41, 5.74) is 3.89. The molecule has 0 saturated heterocycles. The van der Waals surface area contributed by atoms with E-state index in [1.807, 2.05) is 23.1 Å². The van der Waals surface area contributed by atoms with Crippen LogP contribution < -0.4 is 15.4 Å². The average Bonchev–Trinajstić information content (AvgIpc) is 2.81. The molecule has 1 heterocycles. The highest BCUT2D eigenvalue weighted by Crippen LogP contribution is 2.19. The van der Waals surface area contributed by atoms with Crippen LogP contribution in [0.1, 0.15) is 36.5 Å². The number of methoxy groups -OCH3 is 1. The summed E-state index contributed by atoms with van der Waals surface area (Å²) in [7, 11) is 1.68. The molecule has 0 aromatic heterocycles. The third kappa shape index (κ3) is 8.00. The number of halogens is 1. The first-order chi connectivity index (χ1) is 15.2. The number of hydrogen-bond acceptors (Lipinski definition) is 3. The standard InChI is InChI=1S/C25H34N4O2.HI/c1-3-26-25(28-17-14-20-10-12-23(31-2)13-11-20)27-16-6-9-24(30)29-18-15-21-7-4-5-8-22(21)19-29;/h4-5,7-8,10-13H,3,6,9,14-19H2,1-2H3,(H2,26,27,28);1H. The molecule has 2 aromatic carbocycles. The highest BCUT2D eigenvalue weighted by molar-refractivity contribution is 14.0. The van der Waals surface area contributed by atoms with Gasteiger partial charge >= 0.3 is 0 Å². The van der Waals surface area contributed by atoms with Crippen LogP contribution in [0.4, 0.5) is 0 Å². The van der Waals surface area contributed by atoms with E-state index in [1.54, 1.807) is 7.11 Å². The van der Waals surface area contributed by atoms with Gasteiger partial charge in [0.25, 0.3) is 0 Å². The van der Waals surface area contributed by atoms with Gasteiger partial charge in [0.1, 0.15) is 5.75 Å². The normalized spacial score (nSPS) is 13.1. The van der Waals surface area contributed by atoms with E-state index >= 15 is 0 Å². The number of amides is 1. The first-order valence-corrected chi connectivity index (χ1v) is 11.2. The molecule has 32 heavy (non-hydrogen) atoms. The summed E-state index contributed by atoms with van der Waals surface area (Å²) in [6.07, 6.45) is 3.15. The van der Waals surface area contributed by atoms with E-state index in [4.69, 9.17) is 4.74 Å². The molecule has 3 rings (SSSR count). The summed E-state index contributed by atoms with van der Waals surface area (Å²) >= 11 is 0. The van der Waals surface area contributed by atoms with E-state index in [2.05, 4.69) is 52.9 Å². The number of ether oxygens (including phenoxy) is 1. The smallest absolute Gasteiger partial charge is 0.222 e. The minimum absolute atomic E-state index is 0. The summed E-state index contributed by atoms with van der Waals surface area (Å²) in [6, 6.07) is 16.5. The molecular formula is C25H35IN4O2. The summed E-state index contributed by atoms with van der Waals surface area (Å²) < 4.78 is 5.20. The topological polar surface area (TPSA) is 66.0 Å². The van der Waals surface area contributed by atoms with Crippen molar-refractivity contribution in [3.63, 3.8) is 0 Å². The van der Waals surface area contributed by atoms with Gasteiger partial charge in [0, 0.05) is 39.1 Å². The SMILES string of the molecule is CCNC(=NCCCC(=O)N1CCc2ccccc2C1)NCCc1ccc(OC)cc1.I. The number of rotatable bonds is 9. The predicted octanol–water partition coefficient (Wildman–Crippen LogP) is 3.78. The van der Waals surface area contributed by atoms with Crippen LogP contribution >= 0.6 is 24.0 Å². The third-order valence-electron chi connectivity index (χ3n) is 5.51. The number of nitrogens with one attached hydrogen (secondary N) is 2. The Morgan fingerprint density at radius 2 is 1.84 bits per heavy atom. The minimum Gasteiger partial charge on any atom is -0.497 e. The van der Waals surface area contributed by atoms with Crippen LogP contribution in [0.3, 0.4) is 0 Å². The number of hydrogen-bond donors (Lipinski definition) is 2. The van der Waals surface area contributed by atoms with Gasteiger partial charge in [-0.1, -0.05) is 36.4 Å². The number of fused-ring (bicyclic) bond motifs is 1. The molecule has 1 aliphatic rings. The Morgan fingerprint density at radius 3 is 2.56 bits per heavy atom. The maximum Gasteiger partial charge on any atom is 0.222 e. The molecule has 0 radical (unpaired) electrons. The highest BCUT2D eigenvalue weighted by atomic mass is 127. The lowest BCUT2D eigenvalue weighted by molar-refractivity contribution is -0.132. The van der Waals surface area contributed by atoms with Crippen molar-refractivity contribution in [1.29, 1.82) is 0 Å². The first-order valence-electron chi connectivity index (χ1n) is 11.2. The predicted molar refractivity (Wildman–Crippen MR) is 141 cm³/mol. The second-order valence-electron chi connectivity index (χ2n) is 7.72. The Hall–Kier alpha value is -2.29. The molecule has 2 N–H and O–H groups in total. The van der Waals surface area contributed by atoms with Gasteiger partial charge in [0.05, 0.1) is 7.11 Å². The molecule has 1 amide bonds. The molecule has 1 aliphatic heterocycles. The minimum atomic E-state index is 0. The maximum absolute atomic E-state index is 12.6. The second kappa shape index (κ2) is 14.0. The lowest BCUT2D eigenvalue weighted by Crippen LogP contribution is -2.38. The van der Waals surface area contributed by atoms with Crippen molar-refractivity contribution >= 4 is 35.8 Å². The van der Waals surface area contributed by atoms with E-state index in [9.17, 15) is 4.79 Å². The number of carbonyl (C=O) groups is 1. The van der Waals surface area contributed by atoms with Gasteiger partial charge in [-0.25, -0.2) is 0 Å².